The summed E-state index contributed by atoms with van der Waals surface area (Å²) in [6, 6.07) is 8.54. The second kappa shape index (κ2) is 8.54. The standard InChI is InChI=1S/C24H38BNO4/c1-22(2,3)28-21(27)26-16-20(17-10-8-9-11-17)18-12-14-19(15-13-18)25-29-23(4,5)24(6,7)30-25/h12-15,17,20H,8-11,16H2,1-7H3,(H,26,27). The zero-order chi connectivity index (χ0) is 22.2. The van der Waals surface area contributed by atoms with Crippen molar-refractivity contribution in [2.24, 2.45) is 5.92 Å². The first-order chi connectivity index (χ1) is 13.9. The van der Waals surface area contributed by atoms with Gasteiger partial charge in [0, 0.05) is 12.5 Å². The van der Waals surface area contributed by atoms with E-state index in [-0.39, 0.29) is 30.3 Å². The van der Waals surface area contributed by atoms with Crippen LogP contribution in [-0.2, 0) is 14.0 Å². The van der Waals surface area contributed by atoms with Crippen molar-refractivity contribution in [1.82, 2.24) is 5.32 Å². The molecule has 1 amide bonds. The van der Waals surface area contributed by atoms with Gasteiger partial charge in [-0.05, 0) is 78.3 Å². The van der Waals surface area contributed by atoms with Crippen LogP contribution in [0.15, 0.2) is 24.3 Å². The van der Waals surface area contributed by atoms with Crippen LogP contribution in [0.25, 0.3) is 0 Å². The maximum absolute atomic E-state index is 12.2. The zero-order valence-corrected chi connectivity index (χ0v) is 19.7. The summed E-state index contributed by atoms with van der Waals surface area (Å²) >= 11 is 0. The van der Waals surface area contributed by atoms with Gasteiger partial charge in [0.2, 0.25) is 0 Å². The lowest BCUT2D eigenvalue weighted by Gasteiger charge is -2.32. The average molecular weight is 415 g/mol. The van der Waals surface area contributed by atoms with Gasteiger partial charge in [-0.3, -0.25) is 0 Å². The predicted octanol–water partition coefficient (Wildman–Crippen LogP) is 4.78. The molecule has 1 saturated heterocycles. The second-order valence-corrected chi connectivity index (χ2v) is 10.8. The number of nitrogens with one attached hydrogen (secondary N) is 1. The summed E-state index contributed by atoms with van der Waals surface area (Å²) in [6.07, 6.45) is 4.60. The molecule has 0 spiro atoms. The molecule has 1 aromatic rings. The van der Waals surface area contributed by atoms with Gasteiger partial charge in [0.15, 0.2) is 0 Å². The highest BCUT2D eigenvalue weighted by Gasteiger charge is 2.51. The third-order valence-electron chi connectivity index (χ3n) is 6.72. The quantitative estimate of drug-likeness (QED) is 0.703. The van der Waals surface area contributed by atoms with Crippen molar-refractivity contribution in [1.29, 1.82) is 0 Å². The Balaban J connectivity index is 1.71. The highest BCUT2D eigenvalue weighted by atomic mass is 16.7. The van der Waals surface area contributed by atoms with Crippen LogP contribution < -0.4 is 10.8 Å². The van der Waals surface area contributed by atoms with Gasteiger partial charge in [-0.2, -0.15) is 0 Å². The minimum Gasteiger partial charge on any atom is -0.444 e. The van der Waals surface area contributed by atoms with E-state index in [1.807, 2.05) is 20.8 Å². The van der Waals surface area contributed by atoms with Crippen LogP contribution in [0.5, 0.6) is 0 Å². The fourth-order valence-corrected chi connectivity index (χ4v) is 4.30. The third-order valence-corrected chi connectivity index (χ3v) is 6.72. The van der Waals surface area contributed by atoms with Gasteiger partial charge in [-0.25, -0.2) is 4.79 Å². The molecule has 2 fully saturated rings. The van der Waals surface area contributed by atoms with Crippen LogP contribution in [0.1, 0.15) is 85.6 Å². The molecule has 3 rings (SSSR count). The Morgan fingerprint density at radius 1 is 1.10 bits per heavy atom. The predicted molar refractivity (Wildman–Crippen MR) is 121 cm³/mol. The first-order valence-electron chi connectivity index (χ1n) is 11.3. The Hall–Kier alpha value is -1.53. The summed E-state index contributed by atoms with van der Waals surface area (Å²) < 4.78 is 17.8. The minimum absolute atomic E-state index is 0.285. The first-order valence-corrected chi connectivity index (χ1v) is 11.3. The second-order valence-electron chi connectivity index (χ2n) is 10.8. The van der Waals surface area contributed by atoms with E-state index in [4.69, 9.17) is 14.0 Å². The minimum atomic E-state index is -0.489. The van der Waals surface area contributed by atoms with Gasteiger partial charge in [-0.15, -0.1) is 0 Å². The smallest absolute Gasteiger partial charge is 0.444 e. The number of amides is 1. The summed E-state index contributed by atoms with van der Waals surface area (Å²) in [5.74, 6) is 0.870. The number of benzene rings is 1. The monoisotopic (exact) mass is 415 g/mol. The molecule has 0 bridgehead atoms. The number of carbonyl (C=O) groups is 1. The molecule has 1 aliphatic heterocycles. The van der Waals surface area contributed by atoms with Crippen molar-refractivity contribution in [2.45, 2.75) is 96.9 Å². The normalized spacial score (nSPS) is 22.2. The highest BCUT2D eigenvalue weighted by molar-refractivity contribution is 6.62. The average Bonchev–Trinajstić information content (AvgIpc) is 3.21. The number of carbonyl (C=O) groups excluding carboxylic acids is 1. The van der Waals surface area contributed by atoms with Crippen molar-refractivity contribution in [3.63, 3.8) is 0 Å². The molecule has 2 aliphatic rings. The van der Waals surface area contributed by atoms with E-state index in [9.17, 15) is 4.79 Å². The first kappa shape index (κ1) is 23.1. The molecule has 30 heavy (non-hydrogen) atoms. The summed E-state index contributed by atoms with van der Waals surface area (Å²) in [5.41, 5.74) is 1.10. The maximum atomic E-state index is 12.2. The molecule has 1 saturated carbocycles. The Morgan fingerprint density at radius 3 is 2.13 bits per heavy atom. The van der Waals surface area contributed by atoms with Crippen LogP contribution in [0.3, 0.4) is 0 Å². The Labute approximate surface area is 182 Å². The highest BCUT2D eigenvalue weighted by Crippen LogP contribution is 2.38. The van der Waals surface area contributed by atoms with Crippen LogP contribution in [0.2, 0.25) is 0 Å². The molecule has 5 nitrogen and oxygen atoms in total. The van der Waals surface area contributed by atoms with E-state index in [0.717, 1.165) is 5.46 Å². The van der Waals surface area contributed by atoms with E-state index < -0.39 is 5.60 Å². The number of rotatable bonds is 5. The lowest BCUT2D eigenvalue weighted by atomic mass is 9.77. The maximum Gasteiger partial charge on any atom is 0.494 e. The third kappa shape index (κ3) is 5.39. The number of ether oxygens (including phenoxy) is 1. The van der Waals surface area contributed by atoms with Crippen LogP contribution in [-0.4, -0.2) is 36.6 Å². The van der Waals surface area contributed by atoms with Gasteiger partial charge >= 0.3 is 13.2 Å². The molecule has 1 aromatic carbocycles. The van der Waals surface area contributed by atoms with Crippen molar-refractivity contribution in [3.8, 4) is 0 Å². The van der Waals surface area contributed by atoms with Gasteiger partial charge in [0.25, 0.3) is 0 Å². The lowest BCUT2D eigenvalue weighted by molar-refractivity contribution is 0.00578. The molecule has 0 aromatic heterocycles. The summed E-state index contributed by atoms with van der Waals surface area (Å²) in [6.45, 7) is 14.5. The van der Waals surface area contributed by atoms with Crippen molar-refractivity contribution in [3.05, 3.63) is 29.8 Å². The summed E-state index contributed by atoms with van der Waals surface area (Å²) in [5, 5.41) is 3.00. The van der Waals surface area contributed by atoms with E-state index in [1.165, 1.54) is 31.2 Å². The molecule has 1 atom stereocenters. The topological polar surface area (TPSA) is 56.8 Å². The van der Waals surface area contributed by atoms with Crippen molar-refractivity contribution >= 4 is 18.7 Å². The molecule has 166 valence electrons. The van der Waals surface area contributed by atoms with Gasteiger partial charge < -0.3 is 19.4 Å². The van der Waals surface area contributed by atoms with E-state index in [1.54, 1.807) is 0 Å². The van der Waals surface area contributed by atoms with Crippen molar-refractivity contribution in [2.75, 3.05) is 6.54 Å². The van der Waals surface area contributed by atoms with E-state index >= 15 is 0 Å². The fraction of sp³-hybridized carbons (Fsp3) is 0.708. The number of hydrogen-bond acceptors (Lipinski definition) is 4. The molecule has 6 heteroatoms. The Bertz CT molecular complexity index is 717. The molecule has 0 radical (unpaired) electrons. The molecule has 1 N–H and O–H groups in total. The zero-order valence-electron chi connectivity index (χ0n) is 19.7. The van der Waals surface area contributed by atoms with E-state index in [2.05, 4.69) is 57.3 Å². The Kier molecular flexibility index (Phi) is 6.59. The molecule has 1 unspecified atom stereocenters. The van der Waals surface area contributed by atoms with Crippen LogP contribution in [0, 0.1) is 5.92 Å². The lowest BCUT2D eigenvalue weighted by Crippen LogP contribution is -2.41. The van der Waals surface area contributed by atoms with Crippen LogP contribution >= 0.6 is 0 Å². The summed E-state index contributed by atoms with van der Waals surface area (Å²) in [4.78, 5) is 12.2. The number of alkyl carbamates (subject to hydrolysis) is 1. The summed E-state index contributed by atoms with van der Waals surface area (Å²) in [7, 11) is -0.353. The van der Waals surface area contributed by atoms with Gasteiger partial charge in [0.1, 0.15) is 5.60 Å². The van der Waals surface area contributed by atoms with Gasteiger partial charge in [-0.1, -0.05) is 37.1 Å². The molecule has 1 heterocycles. The molecule has 1 aliphatic carbocycles. The molecular weight excluding hydrogens is 377 g/mol. The van der Waals surface area contributed by atoms with Crippen LogP contribution in [0.4, 0.5) is 4.79 Å². The van der Waals surface area contributed by atoms with Crippen molar-refractivity contribution < 1.29 is 18.8 Å². The van der Waals surface area contributed by atoms with Gasteiger partial charge in [0.05, 0.1) is 11.2 Å². The number of hydrogen-bond donors (Lipinski definition) is 1. The fourth-order valence-electron chi connectivity index (χ4n) is 4.30. The largest absolute Gasteiger partial charge is 0.494 e. The van der Waals surface area contributed by atoms with E-state index in [0.29, 0.717) is 12.5 Å². The molecular formula is C24H38BNO4. The Morgan fingerprint density at radius 2 is 1.63 bits per heavy atom. The SMILES string of the molecule is CC(C)(C)OC(=O)NCC(c1ccc(B2OC(C)(C)C(C)(C)O2)cc1)C1CCCC1.